The highest BCUT2D eigenvalue weighted by molar-refractivity contribution is 5.99. The van der Waals surface area contributed by atoms with Crippen LogP contribution in [0.4, 0.5) is 23.2 Å². The minimum absolute atomic E-state index is 0.377. The number of nitrogens with zero attached hydrogens (tertiary/aromatic N) is 3. The number of ether oxygens (including phenoxy) is 1. The highest BCUT2D eigenvalue weighted by Gasteiger charge is 2.21. The molecule has 5 nitrogen and oxygen atoms in total. The second-order valence-electron chi connectivity index (χ2n) is 6.52. The van der Waals surface area contributed by atoms with Crippen LogP contribution in [-0.4, -0.2) is 35.8 Å². The third-order valence-corrected chi connectivity index (χ3v) is 4.62. The van der Waals surface area contributed by atoms with Crippen molar-refractivity contribution >= 4 is 11.4 Å². The Morgan fingerprint density at radius 3 is 2.39 bits per heavy atom. The molecule has 0 bridgehead atoms. The molecule has 0 saturated carbocycles. The average molecular weight is 396 g/mol. The molecule has 28 heavy (non-hydrogen) atoms. The van der Waals surface area contributed by atoms with Crippen LogP contribution in [0.1, 0.15) is 30.9 Å². The number of pyridine rings is 1. The molecule has 9 heteroatoms. The quantitative estimate of drug-likeness (QED) is 0.346. The van der Waals surface area contributed by atoms with E-state index >= 15 is 0 Å². The number of methoxy groups -OCH3 is 1. The number of hydrogen-bond acceptors (Lipinski definition) is 5. The Labute approximate surface area is 160 Å². The van der Waals surface area contributed by atoms with E-state index in [1.807, 2.05) is 6.07 Å². The van der Waals surface area contributed by atoms with E-state index in [1.165, 1.54) is 0 Å². The van der Waals surface area contributed by atoms with Crippen LogP contribution in [0.25, 0.3) is 0 Å². The number of hydrazone groups is 1. The summed E-state index contributed by atoms with van der Waals surface area (Å²) in [6.07, 6.45) is 2.31. The van der Waals surface area contributed by atoms with Crippen molar-refractivity contribution in [2.24, 2.45) is 5.10 Å². The van der Waals surface area contributed by atoms with Crippen LogP contribution in [0.15, 0.2) is 23.3 Å². The number of nitrogens with one attached hydrogen (secondary N) is 1. The molecule has 3 rings (SSSR count). The average Bonchev–Trinajstić information content (AvgIpc) is 3.19. The zero-order valence-corrected chi connectivity index (χ0v) is 15.5. The first-order chi connectivity index (χ1) is 13.4. The Kier molecular flexibility index (Phi) is 6.13. The van der Waals surface area contributed by atoms with Gasteiger partial charge in [0.1, 0.15) is 11.4 Å². The van der Waals surface area contributed by atoms with Crippen molar-refractivity contribution in [2.75, 3.05) is 25.6 Å². The monoisotopic (exact) mass is 396 g/mol. The largest absolute Gasteiger partial charge is 0.496 e. The summed E-state index contributed by atoms with van der Waals surface area (Å²) in [7, 11) is 1.59. The molecule has 1 aliphatic rings. The first-order valence-corrected chi connectivity index (χ1v) is 8.80. The maximum atomic E-state index is 13.7. The first kappa shape index (κ1) is 20.1. The smallest absolute Gasteiger partial charge is 0.254 e. The predicted molar refractivity (Wildman–Crippen MR) is 97.4 cm³/mol. The van der Waals surface area contributed by atoms with E-state index in [1.54, 1.807) is 26.2 Å². The van der Waals surface area contributed by atoms with Crippen LogP contribution >= 0.6 is 0 Å². The van der Waals surface area contributed by atoms with Gasteiger partial charge in [-0.05, 0) is 56.6 Å². The van der Waals surface area contributed by atoms with E-state index in [2.05, 4.69) is 20.4 Å². The Hall–Kier alpha value is -2.68. The van der Waals surface area contributed by atoms with Crippen LogP contribution in [0.5, 0.6) is 5.75 Å². The summed E-state index contributed by atoms with van der Waals surface area (Å²) in [4.78, 5) is 4.81. The minimum Gasteiger partial charge on any atom is -0.496 e. The molecule has 1 aromatic carbocycles. The molecule has 2 aromatic rings. The van der Waals surface area contributed by atoms with Crippen molar-refractivity contribution in [3.63, 3.8) is 0 Å². The van der Waals surface area contributed by atoms with Gasteiger partial charge >= 0.3 is 0 Å². The van der Waals surface area contributed by atoms with Crippen LogP contribution < -0.4 is 10.2 Å². The van der Waals surface area contributed by atoms with Gasteiger partial charge in [-0.25, -0.2) is 0 Å². The van der Waals surface area contributed by atoms with Gasteiger partial charge in [-0.3, -0.25) is 10.3 Å². The number of rotatable bonds is 6. The van der Waals surface area contributed by atoms with Crippen LogP contribution in [0.2, 0.25) is 0 Å². The fourth-order valence-electron chi connectivity index (χ4n) is 3.10. The van der Waals surface area contributed by atoms with E-state index < -0.39 is 29.2 Å². The van der Waals surface area contributed by atoms with Crippen molar-refractivity contribution in [2.45, 2.75) is 26.3 Å². The Bertz CT molecular complexity index is 872. The molecule has 0 unspecified atom stereocenters. The van der Waals surface area contributed by atoms with E-state index in [-0.39, 0.29) is 0 Å². The van der Waals surface area contributed by atoms with Gasteiger partial charge in [-0.2, -0.15) is 27.6 Å². The zero-order chi connectivity index (χ0) is 20.3. The molecule has 150 valence electrons. The van der Waals surface area contributed by atoms with E-state index in [4.69, 9.17) is 4.74 Å². The third-order valence-electron chi connectivity index (χ3n) is 4.62. The summed E-state index contributed by atoms with van der Waals surface area (Å²) in [5, 5.41) is 3.87. The van der Waals surface area contributed by atoms with Crippen molar-refractivity contribution in [3.05, 3.63) is 52.9 Å². The van der Waals surface area contributed by atoms with Gasteiger partial charge in [0.15, 0.2) is 0 Å². The molecule has 0 spiro atoms. The highest BCUT2D eigenvalue weighted by Crippen LogP contribution is 2.25. The van der Waals surface area contributed by atoms with E-state index in [0.717, 1.165) is 37.2 Å². The summed E-state index contributed by atoms with van der Waals surface area (Å²) in [5.41, 5.74) is 3.04. The van der Waals surface area contributed by atoms with Gasteiger partial charge in [-0.15, -0.1) is 0 Å². The Morgan fingerprint density at radius 1 is 1.14 bits per heavy atom. The van der Waals surface area contributed by atoms with Gasteiger partial charge < -0.3 is 4.74 Å². The summed E-state index contributed by atoms with van der Waals surface area (Å²) < 4.78 is 59.2. The van der Waals surface area contributed by atoms with Gasteiger partial charge in [0.05, 0.1) is 12.8 Å². The van der Waals surface area contributed by atoms with Gasteiger partial charge in [-0.1, -0.05) is 0 Å². The van der Waals surface area contributed by atoms with Crippen molar-refractivity contribution < 1.29 is 22.3 Å². The molecular weight excluding hydrogens is 376 g/mol. The lowest BCUT2D eigenvalue weighted by Crippen LogP contribution is -2.19. The fourth-order valence-corrected chi connectivity index (χ4v) is 3.10. The normalized spacial score (nSPS) is 15.1. The highest BCUT2D eigenvalue weighted by atomic mass is 19.2. The molecule has 0 aliphatic carbocycles. The molecule has 0 amide bonds. The number of likely N-dealkylation sites (tertiary alicyclic amines) is 1. The summed E-state index contributed by atoms with van der Waals surface area (Å²) in [6, 6.07) is 5.40. The SMILES string of the molecule is COc1ccc(/C(C)=N\Nc2c(F)c(F)nc(F)c2F)cc1CN1CCCC1. The van der Waals surface area contributed by atoms with Gasteiger partial charge in [0.25, 0.3) is 11.9 Å². The van der Waals surface area contributed by atoms with Crippen LogP contribution in [0, 0.1) is 23.5 Å². The summed E-state index contributed by atoms with van der Waals surface area (Å²) in [6.45, 7) is 4.35. The van der Waals surface area contributed by atoms with Crippen molar-refractivity contribution in [1.29, 1.82) is 0 Å². The lowest BCUT2D eigenvalue weighted by Gasteiger charge is -2.18. The molecule has 2 heterocycles. The number of hydrogen-bond donors (Lipinski definition) is 1. The molecule has 1 N–H and O–H groups in total. The molecular formula is C19H20F4N4O. The van der Waals surface area contributed by atoms with Crippen molar-refractivity contribution in [1.82, 2.24) is 9.88 Å². The second kappa shape index (κ2) is 8.55. The molecule has 1 saturated heterocycles. The number of benzene rings is 1. The molecule has 0 radical (unpaired) electrons. The zero-order valence-electron chi connectivity index (χ0n) is 15.5. The van der Waals surface area contributed by atoms with E-state index in [9.17, 15) is 17.6 Å². The van der Waals surface area contributed by atoms with Gasteiger partial charge in [0, 0.05) is 12.1 Å². The first-order valence-electron chi connectivity index (χ1n) is 8.80. The fraction of sp³-hybridized carbons (Fsp3) is 0.368. The molecule has 1 fully saturated rings. The maximum Gasteiger partial charge on any atom is 0.254 e. The lowest BCUT2D eigenvalue weighted by molar-refractivity contribution is 0.321. The topological polar surface area (TPSA) is 49.8 Å². The van der Waals surface area contributed by atoms with Crippen LogP contribution in [-0.2, 0) is 6.54 Å². The number of aromatic nitrogens is 1. The van der Waals surface area contributed by atoms with Crippen molar-refractivity contribution in [3.8, 4) is 5.75 Å². The Morgan fingerprint density at radius 2 is 1.79 bits per heavy atom. The minimum atomic E-state index is -1.74. The molecule has 0 atom stereocenters. The summed E-state index contributed by atoms with van der Waals surface area (Å²) in [5.74, 6) is -6.04. The summed E-state index contributed by atoms with van der Waals surface area (Å²) >= 11 is 0. The van der Waals surface area contributed by atoms with Crippen LogP contribution in [0.3, 0.4) is 0 Å². The second-order valence-corrected chi connectivity index (χ2v) is 6.52. The third kappa shape index (κ3) is 4.24. The Balaban J connectivity index is 1.85. The number of halogens is 4. The standard InChI is InChI=1S/C19H20F4N4O/c1-11(25-26-17-15(20)18(22)24-19(23)16(17)21)12-5-6-14(28-2)13(9-12)10-27-7-3-4-8-27/h5-6,9H,3-4,7-8,10H2,1-2H3,(H,24,26)/b25-11-. The lowest BCUT2D eigenvalue weighted by atomic mass is 10.1. The number of anilines is 1. The molecule has 1 aliphatic heterocycles. The van der Waals surface area contributed by atoms with E-state index in [0.29, 0.717) is 17.8 Å². The van der Waals surface area contributed by atoms with Gasteiger partial charge in [0.2, 0.25) is 11.6 Å². The predicted octanol–water partition coefficient (Wildman–Crippen LogP) is 4.08. The molecule has 1 aromatic heterocycles. The maximum absolute atomic E-state index is 13.7.